The number of nitrogens with one attached hydrogen (secondary N) is 2. The van der Waals surface area contributed by atoms with Gasteiger partial charge in [0.15, 0.2) is 0 Å². The molecule has 0 unspecified atom stereocenters. The highest BCUT2D eigenvalue weighted by Gasteiger charge is 2.25. The summed E-state index contributed by atoms with van der Waals surface area (Å²) in [5, 5.41) is 3.00. The summed E-state index contributed by atoms with van der Waals surface area (Å²) in [4.78, 5) is 36.2. The highest BCUT2D eigenvalue weighted by molar-refractivity contribution is 7.22. The second kappa shape index (κ2) is 9.79. The molecule has 0 bridgehead atoms. The Morgan fingerprint density at radius 1 is 1.15 bits per heavy atom. The summed E-state index contributed by atoms with van der Waals surface area (Å²) in [6, 6.07) is 19.3. The third-order valence-corrected chi connectivity index (χ3v) is 7.35. The van der Waals surface area contributed by atoms with E-state index in [0.29, 0.717) is 22.6 Å². The van der Waals surface area contributed by atoms with Gasteiger partial charge in [-0.2, -0.15) is 0 Å². The molecule has 0 atom stereocenters. The van der Waals surface area contributed by atoms with E-state index in [9.17, 15) is 9.59 Å². The molecule has 34 heavy (non-hydrogen) atoms. The first kappa shape index (κ1) is 22.3. The number of hydrogen-bond acceptors (Lipinski definition) is 6. The van der Waals surface area contributed by atoms with E-state index in [1.165, 1.54) is 11.3 Å². The highest BCUT2D eigenvalue weighted by atomic mass is 32.1. The number of nitrogens with zero attached hydrogens (tertiary/aromatic N) is 2. The molecule has 7 nitrogen and oxygen atoms in total. The van der Waals surface area contributed by atoms with Gasteiger partial charge < -0.3 is 15.0 Å². The van der Waals surface area contributed by atoms with E-state index in [0.717, 1.165) is 47.8 Å². The third-order valence-electron chi connectivity index (χ3n) is 6.18. The molecule has 5 rings (SSSR count). The average molecular weight is 475 g/mol. The Morgan fingerprint density at radius 2 is 1.88 bits per heavy atom. The van der Waals surface area contributed by atoms with Gasteiger partial charge in [-0.1, -0.05) is 18.2 Å². The Bertz CT molecular complexity index is 1340. The van der Waals surface area contributed by atoms with Crippen LogP contribution in [-0.4, -0.2) is 41.0 Å². The van der Waals surface area contributed by atoms with Gasteiger partial charge in [0.1, 0.15) is 16.3 Å². The number of ether oxygens (including phenoxy) is 1. The lowest BCUT2D eigenvalue weighted by molar-refractivity contribution is -0.121. The minimum absolute atomic E-state index is 0.00475. The number of piperidine rings is 1. The Balaban J connectivity index is 1.23. The van der Waals surface area contributed by atoms with Crippen molar-refractivity contribution in [3.05, 3.63) is 76.8 Å². The Labute approximate surface area is 201 Å². The number of fused-ring (bicyclic) bond motifs is 1. The number of carbonyl (C=O) groups is 1. The van der Waals surface area contributed by atoms with E-state index in [2.05, 4.69) is 15.2 Å². The average Bonchev–Trinajstić information content (AvgIpc) is 3.30. The first-order valence-corrected chi connectivity index (χ1v) is 12.2. The van der Waals surface area contributed by atoms with Gasteiger partial charge in [-0.15, -0.1) is 11.3 Å². The molecule has 3 heterocycles. The number of rotatable bonds is 6. The topological polar surface area (TPSA) is 87.3 Å². The maximum atomic E-state index is 12.7. The van der Waals surface area contributed by atoms with Crippen molar-refractivity contribution in [3.8, 4) is 16.2 Å². The molecule has 1 aliphatic heterocycles. The van der Waals surface area contributed by atoms with Crippen molar-refractivity contribution in [1.29, 1.82) is 0 Å². The normalized spacial score (nSPS) is 14.9. The van der Waals surface area contributed by atoms with Gasteiger partial charge >= 0.3 is 0 Å². The number of carbonyl (C=O) groups excluding carboxylic acids is 1. The van der Waals surface area contributed by atoms with Crippen molar-refractivity contribution in [2.75, 3.05) is 25.5 Å². The molecule has 8 heteroatoms. The molecule has 0 radical (unpaired) electrons. The lowest BCUT2D eigenvalue weighted by Crippen LogP contribution is -2.38. The molecule has 1 fully saturated rings. The second-order valence-electron chi connectivity index (χ2n) is 8.47. The summed E-state index contributed by atoms with van der Waals surface area (Å²) in [6.07, 6.45) is 1.57. The van der Waals surface area contributed by atoms with Crippen LogP contribution in [0.25, 0.3) is 20.7 Å². The Kier molecular flexibility index (Phi) is 6.42. The standard InChI is InChI=1S/C26H26N4O3S/c1-33-20-9-7-17(8-10-20)22-15-21-24(34-22)26(32)29-23(28-21)16-30-13-11-18(12-14-30)25(31)27-19-5-3-2-4-6-19/h2-10,15,18H,11-14,16H2,1H3,(H,27,31)(H,28,29,32). The van der Waals surface area contributed by atoms with Crippen LogP contribution in [0, 0.1) is 5.92 Å². The highest BCUT2D eigenvalue weighted by Crippen LogP contribution is 2.32. The number of methoxy groups -OCH3 is 1. The molecule has 1 amide bonds. The summed E-state index contributed by atoms with van der Waals surface area (Å²) < 4.78 is 5.86. The lowest BCUT2D eigenvalue weighted by Gasteiger charge is -2.30. The molecule has 0 aliphatic carbocycles. The van der Waals surface area contributed by atoms with Gasteiger partial charge in [0.05, 0.1) is 19.2 Å². The number of thiophene rings is 1. The van der Waals surface area contributed by atoms with E-state index in [-0.39, 0.29) is 17.4 Å². The van der Waals surface area contributed by atoms with Crippen molar-refractivity contribution in [2.24, 2.45) is 5.92 Å². The molecule has 0 saturated carbocycles. The monoisotopic (exact) mass is 474 g/mol. The molecule has 2 aromatic carbocycles. The summed E-state index contributed by atoms with van der Waals surface area (Å²) in [5.41, 5.74) is 2.46. The fourth-order valence-corrected chi connectivity index (χ4v) is 5.29. The van der Waals surface area contributed by atoms with E-state index in [4.69, 9.17) is 9.72 Å². The Morgan fingerprint density at radius 3 is 2.59 bits per heavy atom. The van der Waals surface area contributed by atoms with Crippen LogP contribution in [0.5, 0.6) is 5.75 Å². The number of benzene rings is 2. The number of H-pyrrole nitrogens is 1. The van der Waals surface area contributed by atoms with E-state index >= 15 is 0 Å². The van der Waals surface area contributed by atoms with Crippen molar-refractivity contribution in [1.82, 2.24) is 14.9 Å². The van der Waals surface area contributed by atoms with Gasteiger partial charge in [-0.25, -0.2) is 4.98 Å². The Hall–Kier alpha value is -3.49. The van der Waals surface area contributed by atoms with Gasteiger partial charge in [-0.05, 0) is 74.0 Å². The minimum atomic E-state index is -0.109. The largest absolute Gasteiger partial charge is 0.497 e. The van der Waals surface area contributed by atoms with Crippen molar-refractivity contribution in [3.63, 3.8) is 0 Å². The SMILES string of the molecule is COc1ccc(-c2cc3nc(CN4CCC(C(=O)Nc5ccccc5)CC4)[nH]c(=O)c3s2)cc1. The number of para-hydroxylation sites is 1. The molecule has 174 valence electrons. The molecule has 2 N–H and O–H groups in total. The quantitative estimate of drug-likeness (QED) is 0.429. The van der Waals surface area contributed by atoms with Gasteiger partial charge in [0, 0.05) is 16.5 Å². The molecule has 1 saturated heterocycles. The fraction of sp³-hybridized carbons (Fsp3) is 0.269. The fourth-order valence-electron chi connectivity index (χ4n) is 4.29. The summed E-state index contributed by atoms with van der Waals surface area (Å²) in [7, 11) is 1.64. The van der Waals surface area contributed by atoms with E-state index < -0.39 is 0 Å². The molecule has 4 aromatic rings. The second-order valence-corrected chi connectivity index (χ2v) is 9.52. The van der Waals surface area contributed by atoms with Crippen LogP contribution in [0.15, 0.2) is 65.5 Å². The van der Waals surface area contributed by atoms with Crippen LogP contribution in [0.4, 0.5) is 5.69 Å². The summed E-state index contributed by atoms with van der Waals surface area (Å²) in [6.45, 7) is 2.14. The first-order valence-electron chi connectivity index (χ1n) is 11.3. The number of aromatic nitrogens is 2. The van der Waals surface area contributed by atoms with E-state index in [1.54, 1.807) is 7.11 Å². The molecular formula is C26H26N4O3S. The number of aromatic amines is 1. The predicted octanol–water partition coefficient (Wildman–Crippen LogP) is 4.51. The van der Waals surface area contributed by atoms with Crippen LogP contribution in [0.3, 0.4) is 0 Å². The number of likely N-dealkylation sites (tertiary alicyclic amines) is 1. The number of hydrogen-bond donors (Lipinski definition) is 2. The maximum Gasteiger partial charge on any atom is 0.268 e. The molecule has 0 spiro atoms. The van der Waals surface area contributed by atoms with Gasteiger partial charge in [0.25, 0.3) is 5.56 Å². The minimum Gasteiger partial charge on any atom is -0.497 e. The summed E-state index contributed by atoms with van der Waals surface area (Å²) >= 11 is 1.44. The van der Waals surface area contributed by atoms with Crippen molar-refractivity contribution in [2.45, 2.75) is 19.4 Å². The van der Waals surface area contributed by atoms with Crippen molar-refractivity contribution < 1.29 is 9.53 Å². The van der Waals surface area contributed by atoms with Crippen LogP contribution >= 0.6 is 11.3 Å². The molecular weight excluding hydrogens is 448 g/mol. The smallest absolute Gasteiger partial charge is 0.268 e. The third kappa shape index (κ3) is 4.88. The first-order chi connectivity index (χ1) is 16.6. The van der Waals surface area contributed by atoms with Gasteiger partial charge in [-0.3, -0.25) is 14.5 Å². The molecule has 1 aliphatic rings. The number of anilines is 1. The molecule has 2 aromatic heterocycles. The number of amides is 1. The van der Waals surface area contributed by atoms with Gasteiger partial charge in [0.2, 0.25) is 5.91 Å². The zero-order valence-electron chi connectivity index (χ0n) is 18.9. The van der Waals surface area contributed by atoms with Crippen molar-refractivity contribution >= 4 is 33.1 Å². The van der Waals surface area contributed by atoms with E-state index in [1.807, 2.05) is 60.7 Å². The predicted molar refractivity (Wildman–Crippen MR) is 135 cm³/mol. The van der Waals surface area contributed by atoms with Crippen LogP contribution < -0.4 is 15.6 Å². The summed E-state index contributed by atoms with van der Waals surface area (Å²) in [5.74, 6) is 1.52. The maximum absolute atomic E-state index is 12.7. The van der Waals surface area contributed by atoms with Crippen LogP contribution in [0.1, 0.15) is 18.7 Å². The zero-order valence-corrected chi connectivity index (χ0v) is 19.7. The zero-order chi connectivity index (χ0) is 23.5. The van der Waals surface area contributed by atoms with Crippen LogP contribution in [-0.2, 0) is 11.3 Å². The lowest BCUT2D eigenvalue weighted by atomic mass is 9.96. The van der Waals surface area contributed by atoms with Crippen LogP contribution in [0.2, 0.25) is 0 Å².